The molecule has 1 atom stereocenters. The first-order chi connectivity index (χ1) is 7.70. The summed E-state index contributed by atoms with van der Waals surface area (Å²) in [7, 11) is 0. The Morgan fingerprint density at radius 2 is 2.00 bits per heavy atom. The molecule has 0 spiro atoms. The first-order valence-corrected chi connectivity index (χ1v) is 6.18. The summed E-state index contributed by atoms with van der Waals surface area (Å²) in [4.78, 5) is 11.9. The molecule has 0 fully saturated rings. The minimum absolute atomic E-state index is 0.0325. The Hall–Kier alpha value is -1.10. The van der Waals surface area contributed by atoms with Crippen molar-refractivity contribution >= 4 is 28.5 Å². The van der Waals surface area contributed by atoms with Crippen molar-refractivity contribution in [2.75, 3.05) is 0 Å². The van der Waals surface area contributed by atoms with Crippen LogP contribution in [0.5, 0.6) is 0 Å². The third kappa shape index (κ3) is 2.72. The van der Waals surface area contributed by atoms with Gasteiger partial charge in [0, 0.05) is 12.0 Å². The minimum atomic E-state index is -0.292. The molecular weight excluding hydrogens is 313 g/mol. The highest BCUT2D eigenvalue weighted by Gasteiger charge is 2.25. The predicted molar refractivity (Wildman–Crippen MR) is 73.6 cm³/mol. The van der Waals surface area contributed by atoms with Gasteiger partial charge in [0.2, 0.25) is 0 Å². The number of carbonyl (C=O) groups is 1. The number of nitrogens with one attached hydrogen (secondary N) is 1. The van der Waals surface area contributed by atoms with E-state index in [1.54, 1.807) is 0 Å². The normalized spacial score (nSPS) is 23.1. The van der Waals surface area contributed by atoms with E-state index in [9.17, 15) is 4.79 Å². The van der Waals surface area contributed by atoms with Gasteiger partial charge in [-0.3, -0.25) is 4.79 Å². The maximum Gasteiger partial charge on any atom is 0.252 e. The molecule has 2 rings (SSSR count). The van der Waals surface area contributed by atoms with Crippen LogP contribution in [0.15, 0.2) is 54.6 Å². The van der Waals surface area contributed by atoms with Crippen LogP contribution >= 0.6 is 22.6 Å². The molecule has 3 heteroatoms. The summed E-state index contributed by atoms with van der Waals surface area (Å²) < 4.78 is -0.292. The lowest BCUT2D eigenvalue weighted by Crippen LogP contribution is -2.41. The third-order valence-electron chi connectivity index (χ3n) is 2.38. The van der Waals surface area contributed by atoms with E-state index in [2.05, 4.69) is 34.0 Å². The van der Waals surface area contributed by atoms with Crippen LogP contribution in [-0.4, -0.2) is 9.45 Å². The topological polar surface area (TPSA) is 29.1 Å². The van der Waals surface area contributed by atoms with Crippen LogP contribution in [-0.2, 0) is 0 Å². The second kappa shape index (κ2) is 4.82. The number of rotatable bonds is 2. The molecule has 16 heavy (non-hydrogen) atoms. The van der Waals surface area contributed by atoms with Crippen molar-refractivity contribution in [2.45, 2.75) is 9.97 Å². The fraction of sp³-hybridized carbons (Fsp3) is 0.154. The molecule has 1 aromatic rings. The quantitative estimate of drug-likeness (QED) is 0.505. The molecule has 1 aromatic carbocycles. The monoisotopic (exact) mass is 325 g/mol. The minimum Gasteiger partial charge on any atom is -0.334 e. The van der Waals surface area contributed by atoms with Crippen molar-refractivity contribution in [3.05, 3.63) is 60.2 Å². The third-order valence-corrected chi connectivity index (χ3v) is 3.45. The highest BCUT2D eigenvalue weighted by molar-refractivity contribution is 14.1. The molecule has 0 bridgehead atoms. The largest absolute Gasteiger partial charge is 0.334 e. The van der Waals surface area contributed by atoms with E-state index in [0.29, 0.717) is 5.56 Å². The molecule has 2 nitrogen and oxygen atoms in total. The molecule has 0 heterocycles. The van der Waals surface area contributed by atoms with Gasteiger partial charge in [-0.1, -0.05) is 36.4 Å². The van der Waals surface area contributed by atoms with Gasteiger partial charge in [0.15, 0.2) is 0 Å². The maximum atomic E-state index is 11.9. The van der Waals surface area contributed by atoms with Crippen LogP contribution in [0.1, 0.15) is 16.8 Å². The zero-order chi connectivity index (χ0) is 11.4. The molecule has 0 aromatic heterocycles. The van der Waals surface area contributed by atoms with Crippen molar-refractivity contribution < 1.29 is 4.79 Å². The molecule has 0 aliphatic heterocycles. The van der Waals surface area contributed by atoms with Crippen molar-refractivity contribution in [3.63, 3.8) is 0 Å². The lowest BCUT2D eigenvalue weighted by Gasteiger charge is -2.25. The Kier molecular flexibility index (Phi) is 3.43. The van der Waals surface area contributed by atoms with Gasteiger partial charge in [-0.25, -0.2) is 0 Å². The van der Waals surface area contributed by atoms with E-state index in [-0.39, 0.29) is 9.45 Å². The summed E-state index contributed by atoms with van der Waals surface area (Å²) in [6.45, 7) is 0. The fourth-order valence-electron chi connectivity index (χ4n) is 1.54. The fourth-order valence-corrected chi connectivity index (χ4v) is 2.24. The van der Waals surface area contributed by atoms with Gasteiger partial charge in [-0.15, -0.1) is 0 Å². The molecule has 1 unspecified atom stereocenters. The SMILES string of the molecule is O=C(NC1(I)C=CC=CC1)c1ccccc1. The summed E-state index contributed by atoms with van der Waals surface area (Å²) in [5.41, 5.74) is 0.696. The van der Waals surface area contributed by atoms with Crippen LogP contribution in [0.4, 0.5) is 0 Å². The number of benzene rings is 1. The van der Waals surface area contributed by atoms with Gasteiger partial charge in [0.25, 0.3) is 5.91 Å². The number of amides is 1. The molecule has 82 valence electrons. The van der Waals surface area contributed by atoms with E-state index in [1.165, 1.54) is 0 Å². The number of allylic oxidation sites excluding steroid dienone is 2. The van der Waals surface area contributed by atoms with Gasteiger partial charge in [0.1, 0.15) is 3.55 Å². The number of alkyl halides is 1. The summed E-state index contributed by atoms with van der Waals surface area (Å²) >= 11 is 2.26. The molecule has 1 N–H and O–H groups in total. The second-order valence-electron chi connectivity index (χ2n) is 3.67. The summed E-state index contributed by atoms with van der Waals surface area (Å²) in [6, 6.07) is 9.27. The molecule has 0 saturated carbocycles. The van der Waals surface area contributed by atoms with Crippen LogP contribution in [0.25, 0.3) is 0 Å². The van der Waals surface area contributed by atoms with E-state index in [1.807, 2.05) is 48.6 Å². The Morgan fingerprint density at radius 3 is 2.62 bits per heavy atom. The van der Waals surface area contributed by atoms with Crippen molar-refractivity contribution in [2.24, 2.45) is 0 Å². The summed E-state index contributed by atoms with van der Waals surface area (Å²) in [5.74, 6) is -0.0325. The lowest BCUT2D eigenvalue weighted by atomic mass is 10.1. The lowest BCUT2D eigenvalue weighted by molar-refractivity contribution is 0.0942. The van der Waals surface area contributed by atoms with Gasteiger partial charge < -0.3 is 5.32 Å². The first kappa shape index (κ1) is 11.4. The zero-order valence-corrected chi connectivity index (χ0v) is 10.8. The number of carbonyl (C=O) groups excluding carboxylic acids is 1. The highest BCUT2D eigenvalue weighted by atomic mass is 127. The van der Waals surface area contributed by atoms with Gasteiger partial charge in [-0.2, -0.15) is 0 Å². The van der Waals surface area contributed by atoms with E-state index in [4.69, 9.17) is 0 Å². The van der Waals surface area contributed by atoms with Gasteiger partial charge in [0.05, 0.1) is 0 Å². The maximum absolute atomic E-state index is 11.9. The van der Waals surface area contributed by atoms with Gasteiger partial charge >= 0.3 is 0 Å². The molecule has 1 amide bonds. The van der Waals surface area contributed by atoms with E-state index < -0.39 is 0 Å². The highest BCUT2D eigenvalue weighted by Crippen LogP contribution is 2.25. The Bertz CT molecular complexity index is 439. The summed E-state index contributed by atoms with van der Waals surface area (Å²) in [6.07, 6.45) is 8.83. The van der Waals surface area contributed by atoms with Crippen LogP contribution in [0.3, 0.4) is 0 Å². The van der Waals surface area contributed by atoms with E-state index in [0.717, 1.165) is 6.42 Å². The van der Waals surface area contributed by atoms with Crippen molar-refractivity contribution in [1.29, 1.82) is 0 Å². The van der Waals surface area contributed by atoms with Crippen molar-refractivity contribution in [3.8, 4) is 0 Å². The van der Waals surface area contributed by atoms with Gasteiger partial charge in [-0.05, 0) is 40.8 Å². The average Bonchev–Trinajstić information content (AvgIpc) is 2.30. The zero-order valence-electron chi connectivity index (χ0n) is 8.69. The molecular formula is C13H12INO. The van der Waals surface area contributed by atoms with Crippen LogP contribution < -0.4 is 5.32 Å². The number of hydrogen-bond acceptors (Lipinski definition) is 1. The standard InChI is InChI=1S/C13H12INO/c14-13(9-5-2-6-10-13)15-12(16)11-7-3-1-4-8-11/h1-9H,10H2,(H,15,16). The predicted octanol–water partition coefficient (Wildman–Crippen LogP) is 3.06. The molecule has 0 radical (unpaired) electrons. The average molecular weight is 325 g/mol. The smallest absolute Gasteiger partial charge is 0.252 e. The first-order valence-electron chi connectivity index (χ1n) is 5.10. The Labute approximate surface area is 109 Å². The molecule has 1 aliphatic rings. The van der Waals surface area contributed by atoms with Crippen LogP contribution in [0, 0.1) is 0 Å². The second-order valence-corrected chi connectivity index (χ2v) is 5.60. The molecule has 0 saturated heterocycles. The van der Waals surface area contributed by atoms with E-state index >= 15 is 0 Å². The van der Waals surface area contributed by atoms with Crippen LogP contribution in [0.2, 0.25) is 0 Å². The van der Waals surface area contributed by atoms with Crippen molar-refractivity contribution in [1.82, 2.24) is 5.32 Å². The Balaban J connectivity index is 2.08. The number of halogens is 1. The Morgan fingerprint density at radius 1 is 1.25 bits per heavy atom. The summed E-state index contributed by atoms with van der Waals surface area (Å²) in [5, 5.41) is 3.02. The molecule has 1 aliphatic carbocycles. The number of hydrogen-bond donors (Lipinski definition) is 1.